The van der Waals surface area contributed by atoms with Crippen molar-refractivity contribution in [1.82, 2.24) is 10.2 Å². The minimum absolute atomic E-state index is 0.0516. The zero-order valence-corrected chi connectivity index (χ0v) is 22.2. The summed E-state index contributed by atoms with van der Waals surface area (Å²) in [5, 5.41) is 3.99. The average molecular weight is 530 g/mol. The van der Waals surface area contributed by atoms with Crippen molar-refractivity contribution in [2.45, 2.75) is 44.6 Å². The molecule has 0 aliphatic rings. The smallest absolute Gasteiger partial charge is 0.243 e. The summed E-state index contributed by atoms with van der Waals surface area (Å²) in [6, 6.07) is 24.2. The molecule has 1 unspecified atom stereocenters. The van der Waals surface area contributed by atoms with E-state index in [1.807, 2.05) is 80.6 Å². The van der Waals surface area contributed by atoms with Gasteiger partial charge >= 0.3 is 0 Å². The van der Waals surface area contributed by atoms with Crippen molar-refractivity contribution >= 4 is 46.8 Å². The Morgan fingerprint density at radius 2 is 1.54 bits per heavy atom. The van der Waals surface area contributed by atoms with Gasteiger partial charge in [-0.1, -0.05) is 89.9 Å². The standard InChI is InChI=1S/C28H30Cl2N2O2S/c1-20(2)31-28(34)26(15-21-9-5-3-6-10-21)32(17-23-13-14-24(29)16-25(23)30)27(33)19-35-18-22-11-7-4-8-12-22/h3-14,16,20,26H,15,17-19H2,1-2H3,(H,31,34). The number of nitrogens with zero attached hydrogens (tertiary/aromatic N) is 1. The number of amides is 2. The highest BCUT2D eigenvalue weighted by Gasteiger charge is 2.31. The second-order valence-corrected chi connectivity index (χ2v) is 10.4. The Morgan fingerprint density at radius 1 is 0.914 bits per heavy atom. The fourth-order valence-electron chi connectivity index (χ4n) is 3.68. The lowest BCUT2D eigenvalue weighted by Crippen LogP contribution is -2.52. The highest BCUT2D eigenvalue weighted by Crippen LogP contribution is 2.25. The Balaban J connectivity index is 1.88. The van der Waals surface area contributed by atoms with E-state index >= 15 is 0 Å². The number of rotatable bonds is 11. The highest BCUT2D eigenvalue weighted by atomic mass is 35.5. The van der Waals surface area contributed by atoms with Gasteiger partial charge in [0.15, 0.2) is 0 Å². The maximum atomic E-state index is 13.6. The van der Waals surface area contributed by atoms with E-state index in [0.717, 1.165) is 16.7 Å². The Labute approximate surface area is 222 Å². The number of carbonyl (C=O) groups is 2. The molecule has 0 aliphatic carbocycles. The second-order valence-electron chi connectivity index (χ2n) is 8.60. The minimum atomic E-state index is -0.684. The predicted octanol–water partition coefficient (Wildman–Crippen LogP) is 6.39. The molecule has 1 N–H and O–H groups in total. The second kappa shape index (κ2) is 13.6. The van der Waals surface area contributed by atoms with E-state index in [9.17, 15) is 9.59 Å². The fraction of sp³-hybridized carbons (Fsp3) is 0.286. The van der Waals surface area contributed by atoms with Gasteiger partial charge < -0.3 is 10.2 Å². The van der Waals surface area contributed by atoms with E-state index in [2.05, 4.69) is 5.32 Å². The molecule has 2 amide bonds. The van der Waals surface area contributed by atoms with Crippen LogP contribution in [0, 0.1) is 0 Å². The Bertz CT molecular complexity index is 1110. The van der Waals surface area contributed by atoms with E-state index in [4.69, 9.17) is 23.2 Å². The van der Waals surface area contributed by atoms with Crippen LogP contribution in [0.4, 0.5) is 0 Å². The topological polar surface area (TPSA) is 49.4 Å². The molecule has 35 heavy (non-hydrogen) atoms. The predicted molar refractivity (Wildman–Crippen MR) is 147 cm³/mol. The molecule has 0 heterocycles. The normalized spacial score (nSPS) is 11.8. The van der Waals surface area contributed by atoms with E-state index in [1.54, 1.807) is 17.0 Å². The van der Waals surface area contributed by atoms with Crippen molar-refractivity contribution in [3.63, 3.8) is 0 Å². The molecular weight excluding hydrogens is 499 g/mol. The third kappa shape index (κ3) is 8.60. The van der Waals surface area contributed by atoms with Gasteiger partial charge in [0.1, 0.15) is 6.04 Å². The molecule has 3 aromatic rings. The van der Waals surface area contributed by atoms with Gasteiger partial charge in [-0.05, 0) is 42.7 Å². The van der Waals surface area contributed by atoms with Gasteiger partial charge in [-0.25, -0.2) is 0 Å². The van der Waals surface area contributed by atoms with Crippen molar-refractivity contribution in [1.29, 1.82) is 0 Å². The molecule has 184 valence electrons. The summed E-state index contributed by atoms with van der Waals surface area (Å²) in [4.78, 5) is 28.6. The highest BCUT2D eigenvalue weighted by molar-refractivity contribution is 7.99. The Morgan fingerprint density at radius 3 is 2.14 bits per heavy atom. The van der Waals surface area contributed by atoms with Crippen molar-refractivity contribution in [3.8, 4) is 0 Å². The first kappa shape index (κ1) is 27.1. The molecule has 0 saturated carbocycles. The molecule has 7 heteroatoms. The molecule has 0 aromatic heterocycles. The zero-order chi connectivity index (χ0) is 25.2. The van der Waals surface area contributed by atoms with Crippen LogP contribution in [0.25, 0.3) is 0 Å². The van der Waals surface area contributed by atoms with Gasteiger partial charge in [-0.3, -0.25) is 9.59 Å². The molecule has 0 saturated heterocycles. The summed E-state index contributed by atoms with van der Waals surface area (Å²) in [6.07, 6.45) is 0.402. The van der Waals surface area contributed by atoms with E-state index < -0.39 is 6.04 Å². The molecule has 4 nitrogen and oxygen atoms in total. The van der Waals surface area contributed by atoms with Crippen LogP contribution >= 0.6 is 35.0 Å². The van der Waals surface area contributed by atoms with Crippen LogP contribution < -0.4 is 5.32 Å². The first-order valence-corrected chi connectivity index (χ1v) is 13.4. The van der Waals surface area contributed by atoms with E-state index in [0.29, 0.717) is 22.2 Å². The van der Waals surface area contributed by atoms with Crippen LogP contribution in [-0.2, 0) is 28.3 Å². The molecule has 3 rings (SSSR count). The van der Waals surface area contributed by atoms with Gasteiger partial charge in [0.2, 0.25) is 11.8 Å². The summed E-state index contributed by atoms with van der Waals surface area (Å²) < 4.78 is 0. The average Bonchev–Trinajstić information content (AvgIpc) is 2.83. The molecule has 0 radical (unpaired) electrons. The lowest BCUT2D eigenvalue weighted by Gasteiger charge is -2.32. The fourth-order valence-corrected chi connectivity index (χ4v) is 5.02. The first-order valence-electron chi connectivity index (χ1n) is 11.5. The van der Waals surface area contributed by atoms with Crippen LogP contribution in [-0.4, -0.2) is 34.6 Å². The van der Waals surface area contributed by atoms with Gasteiger partial charge in [0.05, 0.1) is 5.75 Å². The largest absolute Gasteiger partial charge is 0.352 e. The number of carbonyl (C=O) groups excluding carboxylic acids is 2. The number of halogens is 2. The summed E-state index contributed by atoms with van der Waals surface area (Å²) in [5.41, 5.74) is 2.87. The lowest BCUT2D eigenvalue weighted by atomic mass is 10.0. The number of hydrogen-bond acceptors (Lipinski definition) is 3. The number of hydrogen-bond donors (Lipinski definition) is 1. The number of thioether (sulfide) groups is 1. The Hall–Kier alpha value is -2.47. The summed E-state index contributed by atoms with van der Waals surface area (Å²) >= 11 is 14.1. The first-order chi connectivity index (χ1) is 16.8. The SMILES string of the molecule is CC(C)NC(=O)C(Cc1ccccc1)N(Cc1ccc(Cl)cc1Cl)C(=O)CSCc1ccccc1. The molecule has 3 aromatic carbocycles. The van der Waals surface area contributed by atoms with Crippen molar-refractivity contribution < 1.29 is 9.59 Å². The summed E-state index contributed by atoms with van der Waals surface area (Å²) in [7, 11) is 0. The minimum Gasteiger partial charge on any atom is -0.352 e. The molecule has 0 spiro atoms. The van der Waals surface area contributed by atoms with Crippen LogP contribution in [0.1, 0.15) is 30.5 Å². The van der Waals surface area contributed by atoms with Crippen LogP contribution in [0.5, 0.6) is 0 Å². The summed E-state index contributed by atoms with van der Waals surface area (Å²) in [6.45, 7) is 4.04. The zero-order valence-electron chi connectivity index (χ0n) is 19.9. The van der Waals surface area contributed by atoms with Crippen LogP contribution in [0.2, 0.25) is 10.0 Å². The number of nitrogens with one attached hydrogen (secondary N) is 1. The maximum Gasteiger partial charge on any atom is 0.243 e. The van der Waals surface area contributed by atoms with Crippen molar-refractivity contribution in [2.24, 2.45) is 0 Å². The van der Waals surface area contributed by atoms with Crippen molar-refractivity contribution in [2.75, 3.05) is 5.75 Å². The van der Waals surface area contributed by atoms with E-state index in [1.165, 1.54) is 11.8 Å². The van der Waals surface area contributed by atoms with Crippen molar-refractivity contribution in [3.05, 3.63) is 106 Å². The van der Waals surface area contributed by atoms with E-state index in [-0.39, 0.29) is 30.2 Å². The van der Waals surface area contributed by atoms with Gasteiger partial charge in [-0.15, -0.1) is 11.8 Å². The van der Waals surface area contributed by atoms with Gasteiger partial charge in [-0.2, -0.15) is 0 Å². The lowest BCUT2D eigenvalue weighted by molar-refractivity contribution is -0.139. The number of benzene rings is 3. The monoisotopic (exact) mass is 528 g/mol. The molecule has 0 fully saturated rings. The van der Waals surface area contributed by atoms with Crippen LogP contribution in [0.15, 0.2) is 78.9 Å². The summed E-state index contributed by atoms with van der Waals surface area (Å²) in [5.74, 6) is 0.663. The van der Waals surface area contributed by atoms with Gasteiger partial charge in [0, 0.05) is 34.8 Å². The molecular formula is C28H30Cl2N2O2S. The van der Waals surface area contributed by atoms with Gasteiger partial charge in [0.25, 0.3) is 0 Å². The molecule has 0 aliphatic heterocycles. The third-order valence-corrected chi connectivity index (χ3v) is 6.97. The quantitative estimate of drug-likeness (QED) is 0.313. The third-order valence-electron chi connectivity index (χ3n) is 5.39. The molecule has 0 bridgehead atoms. The maximum absolute atomic E-state index is 13.6. The Kier molecular flexibility index (Phi) is 10.5. The van der Waals surface area contributed by atoms with Crippen LogP contribution in [0.3, 0.4) is 0 Å². The molecule has 1 atom stereocenters.